The summed E-state index contributed by atoms with van der Waals surface area (Å²) in [6, 6.07) is 9.00. The number of benzene rings is 1. The molecule has 1 aromatic carbocycles. The van der Waals surface area contributed by atoms with Gasteiger partial charge in [0.25, 0.3) is 0 Å². The fraction of sp³-hybridized carbons (Fsp3) is 0.462. The van der Waals surface area contributed by atoms with Gasteiger partial charge < -0.3 is 15.1 Å². The molecule has 1 N–H and O–H groups in total. The minimum Gasteiger partial charge on any atom is -0.352 e. The lowest BCUT2D eigenvalue weighted by Gasteiger charge is -2.36. The summed E-state index contributed by atoms with van der Waals surface area (Å²) < 4.78 is 0. The second kappa shape index (κ2) is 9.59. The van der Waals surface area contributed by atoms with Crippen molar-refractivity contribution >= 4 is 39.1 Å². The van der Waals surface area contributed by atoms with E-state index in [-0.39, 0.29) is 6.03 Å². The van der Waals surface area contributed by atoms with E-state index in [4.69, 9.17) is 15.2 Å². The molecule has 0 saturated carbocycles. The average Bonchev–Trinajstić information content (AvgIpc) is 3.21. The molecule has 2 aromatic heterocycles. The molecule has 0 bridgehead atoms. The maximum atomic E-state index is 12.8. The van der Waals surface area contributed by atoms with Crippen molar-refractivity contribution in [2.24, 2.45) is 5.92 Å². The quantitative estimate of drug-likeness (QED) is 0.575. The second-order valence-electron chi connectivity index (χ2n) is 9.34. The standard InChI is InChI=1S/C26H30N6OS/c1-3-5-22-29-24(23-20-9-8-17(2)14-21(20)34-25(23)30-22)31-10-12-32(13-11-31)26(33)28-19-7-4-6-18(15-19)16-27/h4,6-7,15,17H,3,5,8-14H2,1-2H3,(H,28,33). The molecule has 0 spiro atoms. The van der Waals surface area contributed by atoms with E-state index in [9.17, 15) is 4.79 Å². The van der Waals surface area contributed by atoms with Gasteiger partial charge >= 0.3 is 6.03 Å². The molecule has 1 aliphatic heterocycles. The molecule has 2 aliphatic rings. The highest BCUT2D eigenvalue weighted by Gasteiger charge is 2.28. The summed E-state index contributed by atoms with van der Waals surface area (Å²) in [5, 5.41) is 13.3. The summed E-state index contributed by atoms with van der Waals surface area (Å²) in [7, 11) is 0. The first kappa shape index (κ1) is 22.6. The molecule has 1 saturated heterocycles. The lowest BCUT2D eigenvalue weighted by atomic mass is 9.89. The maximum absolute atomic E-state index is 12.8. The van der Waals surface area contributed by atoms with E-state index in [1.165, 1.54) is 22.2 Å². The van der Waals surface area contributed by atoms with Crippen LogP contribution in [0.1, 0.15) is 48.5 Å². The van der Waals surface area contributed by atoms with Gasteiger partial charge in [0.05, 0.1) is 17.0 Å². The molecule has 34 heavy (non-hydrogen) atoms. The zero-order chi connectivity index (χ0) is 23.7. The number of rotatable bonds is 4. The van der Waals surface area contributed by atoms with Gasteiger partial charge in [-0.2, -0.15) is 5.26 Å². The van der Waals surface area contributed by atoms with E-state index in [2.05, 4.69) is 30.1 Å². The van der Waals surface area contributed by atoms with Gasteiger partial charge in [0, 0.05) is 43.2 Å². The van der Waals surface area contributed by atoms with Crippen LogP contribution < -0.4 is 10.2 Å². The Hall–Kier alpha value is -3.18. The number of hydrogen-bond acceptors (Lipinski definition) is 6. The van der Waals surface area contributed by atoms with Crippen LogP contribution in [0.5, 0.6) is 0 Å². The lowest BCUT2D eigenvalue weighted by Crippen LogP contribution is -2.50. The number of hydrogen-bond donors (Lipinski definition) is 1. The predicted octanol–water partition coefficient (Wildman–Crippen LogP) is 4.99. The number of fused-ring (bicyclic) bond motifs is 3. The number of nitriles is 1. The highest BCUT2D eigenvalue weighted by molar-refractivity contribution is 7.19. The van der Waals surface area contributed by atoms with Crippen molar-refractivity contribution in [3.63, 3.8) is 0 Å². The summed E-state index contributed by atoms with van der Waals surface area (Å²) in [6.45, 7) is 7.24. The smallest absolute Gasteiger partial charge is 0.321 e. The van der Waals surface area contributed by atoms with Crippen LogP contribution >= 0.6 is 11.3 Å². The zero-order valence-electron chi connectivity index (χ0n) is 19.8. The number of piperazine rings is 1. The van der Waals surface area contributed by atoms with Gasteiger partial charge in [-0.05, 0) is 55.4 Å². The van der Waals surface area contributed by atoms with Gasteiger partial charge in [-0.3, -0.25) is 0 Å². The molecule has 0 radical (unpaired) electrons. The Morgan fingerprint density at radius 3 is 2.85 bits per heavy atom. The molecule has 1 unspecified atom stereocenters. The number of urea groups is 1. The number of anilines is 2. The molecular weight excluding hydrogens is 444 g/mol. The van der Waals surface area contributed by atoms with E-state index in [0.717, 1.165) is 61.2 Å². The van der Waals surface area contributed by atoms with Crippen molar-refractivity contribution in [1.82, 2.24) is 14.9 Å². The molecule has 5 rings (SSSR count). The van der Waals surface area contributed by atoms with E-state index >= 15 is 0 Å². The Kier molecular flexibility index (Phi) is 6.38. The third-order valence-corrected chi connectivity index (χ3v) is 7.91. The molecule has 3 aromatic rings. The van der Waals surface area contributed by atoms with Crippen molar-refractivity contribution in [3.8, 4) is 6.07 Å². The van der Waals surface area contributed by atoms with Crippen LogP contribution in [0.25, 0.3) is 10.2 Å². The van der Waals surface area contributed by atoms with Crippen molar-refractivity contribution in [2.45, 2.75) is 46.0 Å². The summed E-state index contributed by atoms with van der Waals surface area (Å²) >= 11 is 1.86. The minimum atomic E-state index is -0.129. The molecule has 1 aliphatic carbocycles. The molecule has 1 fully saturated rings. The number of aromatic nitrogens is 2. The highest BCUT2D eigenvalue weighted by Crippen LogP contribution is 2.41. The second-order valence-corrected chi connectivity index (χ2v) is 10.4. The third kappa shape index (κ3) is 4.45. The highest BCUT2D eigenvalue weighted by atomic mass is 32.1. The SMILES string of the molecule is CCCc1nc(N2CCN(C(=O)Nc3cccc(C#N)c3)CC2)c2c3c(sc2n1)CC(C)CC3. The molecule has 3 heterocycles. The number of aryl methyl sites for hydroxylation is 2. The van der Waals surface area contributed by atoms with Crippen LogP contribution in [-0.4, -0.2) is 47.1 Å². The molecular formula is C26H30N6OS. The number of nitrogens with zero attached hydrogens (tertiary/aromatic N) is 5. The van der Waals surface area contributed by atoms with Crippen LogP contribution in [0.3, 0.4) is 0 Å². The number of nitrogens with one attached hydrogen (secondary N) is 1. The number of thiophene rings is 1. The van der Waals surface area contributed by atoms with Crippen molar-refractivity contribution in [2.75, 3.05) is 36.4 Å². The fourth-order valence-electron chi connectivity index (χ4n) is 4.92. The van der Waals surface area contributed by atoms with Gasteiger partial charge in [0.1, 0.15) is 16.5 Å². The zero-order valence-corrected chi connectivity index (χ0v) is 20.6. The number of carbonyl (C=O) groups excluding carboxylic acids is 1. The largest absolute Gasteiger partial charge is 0.352 e. The molecule has 2 amide bonds. The van der Waals surface area contributed by atoms with Crippen LogP contribution in [-0.2, 0) is 19.3 Å². The van der Waals surface area contributed by atoms with E-state index in [0.29, 0.717) is 24.3 Å². The summed E-state index contributed by atoms with van der Waals surface area (Å²) in [5.74, 6) is 2.71. The molecule has 8 heteroatoms. The number of carbonyl (C=O) groups is 1. The first-order valence-corrected chi connectivity index (χ1v) is 13.0. The molecule has 1 atom stereocenters. The molecule has 176 valence electrons. The van der Waals surface area contributed by atoms with E-state index in [1.807, 2.05) is 22.3 Å². The van der Waals surface area contributed by atoms with Crippen molar-refractivity contribution in [3.05, 3.63) is 46.1 Å². The fourth-order valence-corrected chi connectivity index (χ4v) is 6.32. The Balaban J connectivity index is 1.35. The van der Waals surface area contributed by atoms with Gasteiger partial charge in [0.15, 0.2) is 0 Å². The van der Waals surface area contributed by atoms with Gasteiger partial charge in [0.2, 0.25) is 0 Å². The van der Waals surface area contributed by atoms with Crippen LogP contribution in [0.2, 0.25) is 0 Å². The Morgan fingerprint density at radius 1 is 1.26 bits per heavy atom. The lowest BCUT2D eigenvalue weighted by molar-refractivity contribution is 0.208. The third-order valence-electron chi connectivity index (χ3n) is 6.77. The summed E-state index contributed by atoms with van der Waals surface area (Å²) in [5.41, 5.74) is 2.63. The Morgan fingerprint density at radius 2 is 2.09 bits per heavy atom. The topological polar surface area (TPSA) is 85.2 Å². The first-order valence-electron chi connectivity index (χ1n) is 12.2. The van der Waals surface area contributed by atoms with Crippen molar-refractivity contribution in [1.29, 1.82) is 5.26 Å². The first-order chi connectivity index (χ1) is 16.6. The predicted molar refractivity (Wildman–Crippen MR) is 137 cm³/mol. The Labute approximate surface area is 204 Å². The van der Waals surface area contributed by atoms with Crippen LogP contribution in [0.4, 0.5) is 16.3 Å². The van der Waals surface area contributed by atoms with Crippen LogP contribution in [0.15, 0.2) is 24.3 Å². The maximum Gasteiger partial charge on any atom is 0.321 e. The minimum absolute atomic E-state index is 0.129. The average molecular weight is 475 g/mol. The normalized spacial score (nSPS) is 18.0. The van der Waals surface area contributed by atoms with Gasteiger partial charge in [-0.1, -0.05) is 19.9 Å². The van der Waals surface area contributed by atoms with Gasteiger partial charge in [-0.15, -0.1) is 11.3 Å². The van der Waals surface area contributed by atoms with Crippen LogP contribution in [0, 0.1) is 17.2 Å². The Bertz CT molecular complexity index is 1250. The summed E-state index contributed by atoms with van der Waals surface area (Å²) in [4.78, 5) is 29.6. The van der Waals surface area contributed by atoms with E-state index < -0.39 is 0 Å². The monoisotopic (exact) mass is 474 g/mol. The van der Waals surface area contributed by atoms with Crippen molar-refractivity contribution < 1.29 is 4.79 Å². The van der Waals surface area contributed by atoms with Gasteiger partial charge in [-0.25, -0.2) is 14.8 Å². The summed E-state index contributed by atoms with van der Waals surface area (Å²) in [6.07, 6.45) is 5.36. The molecule has 7 nitrogen and oxygen atoms in total. The van der Waals surface area contributed by atoms with E-state index in [1.54, 1.807) is 18.2 Å². The number of amides is 2.